The molecule has 7 nitrogen and oxygen atoms in total. The molecule has 1 heterocycles. The first kappa shape index (κ1) is 21.7. The summed E-state index contributed by atoms with van der Waals surface area (Å²) in [5.74, 6) is -0.246. The van der Waals surface area contributed by atoms with E-state index in [-0.39, 0.29) is 22.4 Å². The highest BCUT2D eigenvalue weighted by molar-refractivity contribution is 7.89. The van der Waals surface area contributed by atoms with E-state index >= 15 is 0 Å². The Labute approximate surface area is 176 Å². The normalized spacial score (nSPS) is 13.6. The molecule has 2 aromatic carbocycles. The summed E-state index contributed by atoms with van der Waals surface area (Å²) in [6.45, 7) is 6.40. The molecule has 0 aliphatic carbocycles. The summed E-state index contributed by atoms with van der Waals surface area (Å²) >= 11 is 0. The third kappa shape index (κ3) is 4.77. The zero-order valence-electron chi connectivity index (χ0n) is 17.3. The molecule has 0 bridgehead atoms. The first-order chi connectivity index (χ1) is 14.2. The van der Waals surface area contributed by atoms with Crippen molar-refractivity contribution < 1.29 is 17.7 Å². The van der Waals surface area contributed by atoms with Crippen LogP contribution in [-0.4, -0.2) is 25.5 Å². The molecule has 2 atom stereocenters. The Morgan fingerprint density at radius 1 is 0.967 bits per heavy atom. The Bertz CT molecular complexity index is 1100. The van der Waals surface area contributed by atoms with E-state index in [0.29, 0.717) is 0 Å². The maximum Gasteiger partial charge on any atom is 0.246 e. The molecule has 2 unspecified atom stereocenters. The van der Waals surface area contributed by atoms with E-state index in [1.54, 1.807) is 0 Å². The molecule has 2 N–H and O–H groups in total. The standard InChI is InChI=1S/C22H25N3O4S/c1-14(18-10-12-20(13-11-18)19-8-6-5-7-9-19)23-22(26)16(3)25-30(27,28)21-15(2)24-29-17(21)4/h5-14,16,25H,1-4H3,(H,23,26). The summed E-state index contributed by atoms with van der Waals surface area (Å²) in [5.41, 5.74) is 3.37. The smallest absolute Gasteiger partial charge is 0.246 e. The van der Waals surface area contributed by atoms with Gasteiger partial charge in [-0.2, -0.15) is 4.72 Å². The summed E-state index contributed by atoms with van der Waals surface area (Å²) in [4.78, 5) is 12.5. The van der Waals surface area contributed by atoms with Crippen molar-refractivity contribution in [2.24, 2.45) is 0 Å². The minimum absolute atomic E-state index is 0.0355. The molecule has 30 heavy (non-hydrogen) atoms. The molecular weight excluding hydrogens is 402 g/mol. The number of nitrogens with zero attached hydrogens (tertiary/aromatic N) is 1. The van der Waals surface area contributed by atoms with Gasteiger partial charge in [-0.05, 0) is 44.4 Å². The number of rotatable bonds is 7. The zero-order chi connectivity index (χ0) is 21.9. The van der Waals surface area contributed by atoms with Crippen molar-refractivity contribution in [1.82, 2.24) is 15.2 Å². The van der Waals surface area contributed by atoms with Gasteiger partial charge in [-0.3, -0.25) is 4.79 Å². The highest BCUT2D eigenvalue weighted by Gasteiger charge is 2.28. The van der Waals surface area contributed by atoms with Crippen molar-refractivity contribution in [3.8, 4) is 11.1 Å². The van der Waals surface area contributed by atoms with E-state index in [2.05, 4.69) is 15.2 Å². The molecule has 0 saturated heterocycles. The topological polar surface area (TPSA) is 101 Å². The van der Waals surface area contributed by atoms with Gasteiger partial charge >= 0.3 is 0 Å². The Morgan fingerprint density at radius 3 is 2.13 bits per heavy atom. The van der Waals surface area contributed by atoms with Crippen molar-refractivity contribution in [2.45, 2.75) is 44.7 Å². The lowest BCUT2D eigenvalue weighted by Gasteiger charge is -2.19. The molecule has 1 amide bonds. The Kier molecular flexibility index (Phi) is 6.38. The molecule has 0 spiro atoms. The number of benzene rings is 2. The third-order valence-corrected chi connectivity index (χ3v) is 6.62. The van der Waals surface area contributed by atoms with E-state index in [1.807, 2.05) is 61.5 Å². The van der Waals surface area contributed by atoms with Crippen LogP contribution in [0.1, 0.15) is 36.9 Å². The lowest BCUT2D eigenvalue weighted by atomic mass is 10.0. The van der Waals surface area contributed by atoms with E-state index in [9.17, 15) is 13.2 Å². The van der Waals surface area contributed by atoms with Crippen molar-refractivity contribution in [3.05, 3.63) is 71.6 Å². The van der Waals surface area contributed by atoms with Crippen LogP contribution < -0.4 is 10.0 Å². The van der Waals surface area contributed by atoms with Gasteiger partial charge in [-0.15, -0.1) is 0 Å². The summed E-state index contributed by atoms with van der Waals surface area (Å²) < 4.78 is 32.5. The number of carbonyl (C=O) groups is 1. The van der Waals surface area contributed by atoms with E-state index in [4.69, 9.17) is 4.52 Å². The second-order valence-electron chi connectivity index (χ2n) is 7.21. The number of hydrogen-bond donors (Lipinski definition) is 2. The molecule has 0 saturated carbocycles. The fraction of sp³-hybridized carbons (Fsp3) is 0.273. The predicted molar refractivity (Wildman–Crippen MR) is 114 cm³/mol. The second kappa shape index (κ2) is 8.81. The van der Waals surface area contributed by atoms with Crippen LogP contribution in [0.2, 0.25) is 0 Å². The summed E-state index contributed by atoms with van der Waals surface area (Å²) in [6, 6.07) is 16.7. The number of nitrogens with one attached hydrogen (secondary N) is 2. The molecule has 158 valence electrons. The van der Waals surface area contributed by atoms with Gasteiger partial charge in [0, 0.05) is 0 Å². The summed E-state index contributed by atoms with van der Waals surface area (Å²) in [7, 11) is -3.93. The van der Waals surface area contributed by atoms with Crippen LogP contribution in [-0.2, 0) is 14.8 Å². The number of amides is 1. The van der Waals surface area contributed by atoms with Gasteiger partial charge in [0.25, 0.3) is 0 Å². The van der Waals surface area contributed by atoms with Crippen LogP contribution in [0.3, 0.4) is 0 Å². The van der Waals surface area contributed by atoms with Gasteiger partial charge in [-0.25, -0.2) is 8.42 Å². The van der Waals surface area contributed by atoms with E-state index in [1.165, 1.54) is 20.8 Å². The first-order valence-corrected chi connectivity index (χ1v) is 11.1. The highest BCUT2D eigenvalue weighted by Crippen LogP contribution is 2.22. The van der Waals surface area contributed by atoms with Crippen LogP contribution in [0, 0.1) is 13.8 Å². The van der Waals surface area contributed by atoms with Crippen LogP contribution in [0.15, 0.2) is 64.0 Å². The van der Waals surface area contributed by atoms with Crippen LogP contribution in [0.5, 0.6) is 0 Å². The third-order valence-electron chi connectivity index (χ3n) is 4.84. The van der Waals surface area contributed by atoms with Crippen LogP contribution in [0.25, 0.3) is 11.1 Å². The molecule has 1 aromatic heterocycles. The lowest BCUT2D eigenvalue weighted by Crippen LogP contribution is -2.45. The van der Waals surface area contributed by atoms with Crippen molar-refractivity contribution >= 4 is 15.9 Å². The van der Waals surface area contributed by atoms with Gasteiger partial charge in [0.15, 0.2) is 5.76 Å². The summed E-state index contributed by atoms with van der Waals surface area (Å²) in [5, 5.41) is 6.50. The molecule has 0 fully saturated rings. The number of carbonyl (C=O) groups excluding carboxylic acids is 1. The number of sulfonamides is 1. The highest BCUT2D eigenvalue weighted by atomic mass is 32.2. The molecule has 3 aromatic rings. The average molecular weight is 428 g/mol. The molecular formula is C22H25N3O4S. The number of aromatic nitrogens is 1. The zero-order valence-corrected chi connectivity index (χ0v) is 18.2. The Balaban J connectivity index is 1.65. The largest absolute Gasteiger partial charge is 0.360 e. The maximum atomic E-state index is 12.6. The number of aryl methyl sites for hydroxylation is 2. The number of hydrogen-bond acceptors (Lipinski definition) is 5. The first-order valence-electron chi connectivity index (χ1n) is 9.60. The van der Waals surface area contributed by atoms with Crippen LogP contribution >= 0.6 is 0 Å². The Hall–Kier alpha value is -2.97. The van der Waals surface area contributed by atoms with Crippen LogP contribution in [0.4, 0.5) is 0 Å². The van der Waals surface area contributed by atoms with Gasteiger partial charge in [-0.1, -0.05) is 59.8 Å². The van der Waals surface area contributed by atoms with Gasteiger partial charge in [0.1, 0.15) is 10.6 Å². The SMILES string of the molecule is Cc1noc(C)c1S(=O)(=O)NC(C)C(=O)NC(C)c1ccc(-c2ccccc2)cc1. The van der Waals surface area contributed by atoms with E-state index < -0.39 is 22.0 Å². The van der Waals surface area contributed by atoms with Gasteiger partial charge in [0.2, 0.25) is 15.9 Å². The van der Waals surface area contributed by atoms with Gasteiger partial charge in [0.05, 0.1) is 12.1 Å². The second-order valence-corrected chi connectivity index (χ2v) is 8.87. The average Bonchev–Trinajstić information content (AvgIpc) is 3.07. The minimum atomic E-state index is -3.93. The predicted octanol–water partition coefficient (Wildman–Crippen LogP) is 3.50. The quantitative estimate of drug-likeness (QED) is 0.601. The molecule has 8 heteroatoms. The lowest BCUT2D eigenvalue weighted by molar-refractivity contribution is -0.123. The Morgan fingerprint density at radius 2 is 1.57 bits per heavy atom. The fourth-order valence-electron chi connectivity index (χ4n) is 3.22. The van der Waals surface area contributed by atoms with E-state index in [0.717, 1.165) is 16.7 Å². The van der Waals surface area contributed by atoms with Crippen molar-refractivity contribution in [2.75, 3.05) is 0 Å². The molecule has 0 aliphatic heterocycles. The molecule has 0 radical (unpaired) electrons. The maximum absolute atomic E-state index is 12.6. The van der Waals surface area contributed by atoms with Crippen molar-refractivity contribution in [3.63, 3.8) is 0 Å². The van der Waals surface area contributed by atoms with Gasteiger partial charge < -0.3 is 9.84 Å². The van der Waals surface area contributed by atoms with Crippen molar-refractivity contribution in [1.29, 1.82) is 0 Å². The molecule has 3 rings (SSSR count). The monoisotopic (exact) mass is 427 g/mol. The summed E-state index contributed by atoms with van der Waals surface area (Å²) in [6.07, 6.45) is 0. The minimum Gasteiger partial charge on any atom is -0.360 e. The fourth-order valence-corrected chi connectivity index (χ4v) is 4.75. The molecule has 0 aliphatic rings.